The summed E-state index contributed by atoms with van der Waals surface area (Å²) in [6, 6.07) is 17.6. The minimum absolute atomic E-state index is 0.131. The van der Waals surface area contributed by atoms with Crippen molar-refractivity contribution in [2.24, 2.45) is 0 Å². The van der Waals surface area contributed by atoms with E-state index in [1.165, 1.54) is 4.90 Å². The monoisotopic (exact) mass is 309 g/mol. The van der Waals surface area contributed by atoms with E-state index >= 15 is 0 Å². The maximum atomic E-state index is 13.1. The number of carbonyl (C=O) groups excluding carboxylic acids is 1. The lowest BCUT2D eigenvalue weighted by Gasteiger charge is -2.22. The van der Waals surface area contributed by atoms with E-state index in [1.54, 1.807) is 0 Å². The van der Waals surface area contributed by atoms with Crippen LogP contribution in [0.5, 0.6) is 0 Å². The third-order valence-corrected chi connectivity index (χ3v) is 4.01. The van der Waals surface area contributed by atoms with Crippen molar-refractivity contribution in [3.8, 4) is 0 Å². The van der Waals surface area contributed by atoms with Gasteiger partial charge in [-0.05, 0) is 27.6 Å². The van der Waals surface area contributed by atoms with E-state index in [0.717, 1.165) is 21.5 Å². The number of aliphatic hydroxyl groups is 2. The summed E-state index contributed by atoms with van der Waals surface area (Å²) in [6.07, 6.45) is 0. The fourth-order valence-corrected chi connectivity index (χ4v) is 2.96. The molecule has 0 aromatic heterocycles. The van der Waals surface area contributed by atoms with Crippen LogP contribution >= 0.6 is 0 Å². The summed E-state index contributed by atoms with van der Waals surface area (Å²) in [4.78, 5) is 14.6. The molecule has 3 aromatic rings. The first-order valence-electron chi connectivity index (χ1n) is 7.67. The molecule has 0 saturated carbocycles. The molecule has 0 saturated heterocycles. The highest BCUT2D eigenvalue weighted by Gasteiger charge is 2.20. The maximum absolute atomic E-state index is 13.1. The van der Waals surface area contributed by atoms with Crippen molar-refractivity contribution in [3.05, 3.63) is 60.2 Å². The summed E-state index contributed by atoms with van der Waals surface area (Å²) in [6.45, 7) is 0.150. The van der Waals surface area contributed by atoms with E-state index in [4.69, 9.17) is 0 Å². The van der Waals surface area contributed by atoms with Crippen molar-refractivity contribution in [1.29, 1.82) is 0 Å². The Balaban J connectivity index is 2.25. The summed E-state index contributed by atoms with van der Waals surface area (Å²) in [5, 5.41) is 22.2. The van der Waals surface area contributed by atoms with E-state index in [2.05, 4.69) is 6.07 Å². The van der Waals surface area contributed by atoms with Gasteiger partial charge in [-0.1, -0.05) is 48.5 Å². The van der Waals surface area contributed by atoms with Gasteiger partial charge in [0, 0.05) is 13.1 Å². The molecule has 0 radical (unpaired) electrons. The topological polar surface area (TPSA) is 60.8 Å². The number of rotatable bonds is 5. The second-order valence-corrected chi connectivity index (χ2v) is 5.43. The number of aliphatic hydroxyl groups excluding tert-OH is 2. The van der Waals surface area contributed by atoms with Crippen molar-refractivity contribution in [2.45, 2.75) is 0 Å². The van der Waals surface area contributed by atoms with Gasteiger partial charge < -0.3 is 15.1 Å². The summed E-state index contributed by atoms with van der Waals surface area (Å²) < 4.78 is 0. The zero-order valence-electron chi connectivity index (χ0n) is 12.8. The molecule has 0 spiro atoms. The van der Waals surface area contributed by atoms with Gasteiger partial charge in [-0.3, -0.25) is 4.79 Å². The lowest BCUT2D eigenvalue weighted by molar-refractivity contribution is 0.0688. The van der Waals surface area contributed by atoms with Gasteiger partial charge in [-0.2, -0.15) is 0 Å². The SMILES string of the molecule is O=C(c1c2ccccc2cc2ccccc12)N(CCO)CCO. The molecular formula is C19H19NO3. The number of carbonyl (C=O) groups is 1. The Morgan fingerprint density at radius 3 is 1.78 bits per heavy atom. The predicted octanol–water partition coefficient (Wildman–Crippen LogP) is 2.42. The van der Waals surface area contributed by atoms with Crippen LogP contribution in [0.2, 0.25) is 0 Å². The quantitative estimate of drug-likeness (QED) is 0.712. The average molecular weight is 309 g/mol. The molecular weight excluding hydrogens is 290 g/mol. The summed E-state index contributed by atoms with van der Waals surface area (Å²) in [5.74, 6) is -0.166. The van der Waals surface area contributed by atoms with Gasteiger partial charge in [-0.15, -0.1) is 0 Å². The lowest BCUT2D eigenvalue weighted by atomic mass is 9.96. The molecule has 3 rings (SSSR count). The third kappa shape index (κ3) is 2.91. The Kier molecular flexibility index (Phi) is 4.55. The number of amides is 1. The van der Waals surface area contributed by atoms with Crippen LogP contribution < -0.4 is 0 Å². The van der Waals surface area contributed by atoms with Gasteiger partial charge in [0.2, 0.25) is 0 Å². The van der Waals surface area contributed by atoms with E-state index in [0.29, 0.717) is 5.56 Å². The lowest BCUT2D eigenvalue weighted by Crippen LogP contribution is -2.36. The maximum Gasteiger partial charge on any atom is 0.255 e. The zero-order valence-corrected chi connectivity index (χ0v) is 12.8. The highest BCUT2D eigenvalue weighted by Crippen LogP contribution is 2.29. The molecule has 3 aromatic carbocycles. The van der Waals surface area contributed by atoms with E-state index < -0.39 is 0 Å². The Morgan fingerprint density at radius 1 is 0.826 bits per heavy atom. The number of benzene rings is 3. The van der Waals surface area contributed by atoms with Crippen molar-refractivity contribution >= 4 is 27.5 Å². The van der Waals surface area contributed by atoms with Gasteiger partial charge in [0.05, 0.1) is 18.8 Å². The number of fused-ring (bicyclic) bond motifs is 2. The number of nitrogens with zero attached hydrogens (tertiary/aromatic N) is 1. The van der Waals surface area contributed by atoms with E-state index in [9.17, 15) is 15.0 Å². The fourth-order valence-electron chi connectivity index (χ4n) is 2.96. The van der Waals surface area contributed by atoms with Crippen LogP contribution in [-0.4, -0.2) is 47.3 Å². The van der Waals surface area contributed by atoms with Crippen molar-refractivity contribution in [1.82, 2.24) is 4.90 Å². The highest BCUT2D eigenvalue weighted by molar-refractivity contribution is 6.18. The molecule has 0 heterocycles. The molecule has 1 amide bonds. The first kappa shape index (κ1) is 15.5. The van der Waals surface area contributed by atoms with Crippen LogP contribution in [0.3, 0.4) is 0 Å². The van der Waals surface area contributed by atoms with Crippen LogP contribution in [0.1, 0.15) is 10.4 Å². The Bertz CT molecular complexity index is 784. The molecule has 0 aliphatic rings. The van der Waals surface area contributed by atoms with Crippen LogP contribution in [-0.2, 0) is 0 Å². The molecule has 0 fully saturated rings. The van der Waals surface area contributed by atoms with Gasteiger partial charge >= 0.3 is 0 Å². The predicted molar refractivity (Wildman–Crippen MR) is 91.5 cm³/mol. The normalized spacial score (nSPS) is 11.0. The molecule has 0 aliphatic heterocycles. The standard InChI is InChI=1S/C19H19NO3/c21-11-9-20(10-12-22)19(23)18-16-7-3-1-5-14(16)13-15-6-2-4-8-17(15)18/h1-8,13,21-22H,9-12H2. The fraction of sp³-hybridized carbons (Fsp3) is 0.211. The highest BCUT2D eigenvalue weighted by atomic mass is 16.3. The van der Waals surface area contributed by atoms with E-state index in [1.807, 2.05) is 48.5 Å². The Morgan fingerprint density at radius 2 is 1.30 bits per heavy atom. The molecule has 0 unspecified atom stereocenters. The van der Waals surface area contributed by atoms with Crippen LogP contribution in [0.25, 0.3) is 21.5 Å². The van der Waals surface area contributed by atoms with Crippen LogP contribution in [0.4, 0.5) is 0 Å². The summed E-state index contributed by atoms with van der Waals surface area (Å²) >= 11 is 0. The summed E-state index contributed by atoms with van der Waals surface area (Å²) in [5.41, 5.74) is 0.626. The molecule has 4 heteroatoms. The Labute approximate surface area is 134 Å². The Hall–Kier alpha value is -2.43. The smallest absolute Gasteiger partial charge is 0.255 e. The van der Waals surface area contributed by atoms with Crippen LogP contribution in [0, 0.1) is 0 Å². The number of hydrogen-bond donors (Lipinski definition) is 2. The van der Waals surface area contributed by atoms with Gasteiger partial charge in [-0.25, -0.2) is 0 Å². The van der Waals surface area contributed by atoms with Crippen molar-refractivity contribution in [2.75, 3.05) is 26.3 Å². The second-order valence-electron chi connectivity index (χ2n) is 5.43. The van der Waals surface area contributed by atoms with Crippen LogP contribution in [0.15, 0.2) is 54.6 Å². The molecule has 23 heavy (non-hydrogen) atoms. The second kappa shape index (κ2) is 6.77. The van der Waals surface area contributed by atoms with Crippen molar-refractivity contribution < 1.29 is 15.0 Å². The number of hydrogen-bond acceptors (Lipinski definition) is 3. The third-order valence-electron chi connectivity index (χ3n) is 4.01. The molecule has 0 bridgehead atoms. The molecule has 2 N–H and O–H groups in total. The van der Waals surface area contributed by atoms with Crippen molar-refractivity contribution in [3.63, 3.8) is 0 Å². The molecule has 4 nitrogen and oxygen atoms in total. The van der Waals surface area contributed by atoms with Gasteiger partial charge in [0.1, 0.15) is 0 Å². The van der Waals surface area contributed by atoms with Gasteiger partial charge in [0.15, 0.2) is 0 Å². The summed E-state index contributed by atoms with van der Waals surface area (Å²) in [7, 11) is 0. The molecule has 0 aliphatic carbocycles. The zero-order chi connectivity index (χ0) is 16.2. The average Bonchev–Trinajstić information content (AvgIpc) is 2.59. The minimum Gasteiger partial charge on any atom is -0.395 e. The first-order chi connectivity index (χ1) is 11.3. The minimum atomic E-state index is -0.166. The molecule has 118 valence electrons. The van der Waals surface area contributed by atoms with E-state index in [-0.39, 0.29) is 32.2 Å². The first-order valence-corrected chi connectivity index (χ1v) is 7.67. The molecule has 0 atom stereocenters. The van der Waals surface area contributed by atoms with Gasteiger partial charge in [0.25, 0.3) is 5.91 Å². The largest absolute Gasteiger partial charge is 0.395 e.